The van der Waals surface area contributed by atoms with Crippen LogP contribution in [0.5, 0.6) is 11.5 Å². The van der Waals surface area contributed by atoms with Crippen molar-refractivity contribution in [3.63, 3.8) is 0 Å². The van der Waals surface area contributed by atoms with Crippen LogP contribution < -0.4 is 9.47 Å². The van der Waals surface area contributed by atoms with Gasteiger partial charge in [0, 0.05) is 18.6 Å². The number of para-hydroxylation sites is 1. The van der Waals surface area contributed by atoms with E-state index in [0.717, 1.165) is 34.2 Å². The fourth-order valence-electron chi connectivity index (χ4n) is 4.68. The van der Waals surface area contributed by atoms with Crippen LogP contribution in [-0.4, -0.2) is 42.1 Å². The molecule has 0 fully saturated rings. The molecule has 0 aliphatic heterocycles. The second-order valence-corrected chi connectivity index (χ2v) is 8.62. The van der Waals surface area contributed by atoms with E-state index in [1.54, 1.807) is 44.2 Å². The number of hydrogen-bond acceptors (Lipinski definition) is 6. The summed E-state index contributed by atoms with van der Waals surface area (Å²) in [5.74, 6) is 0.536. The van der Waals surface area contributed by atoms with Crippen molar-refractivity contribution in [3.05, 3.63) is 88.9 Å². The van der Waals surface area contributed by atoms with Crippen LogP contribution in [0.2, 0.25) is 0 Å². The summed E-state index contributed by atoms with van der Waals surface area (Å²) in [5.41, 5.74) is 5.27. The molecule has 1 aliphatic rings. The Bertz CT molecular complexity index is 1520. The van der Waals surface area contributed by atoms with Crippen molar-refractivity contribution in [3.8, 4) is 11.5 Å². The quantitative estimate of drug-likeness (QED) is 0.269. The molecule has 0 N–H and O–H groups in total. The van der Waals surface area contributed by atoms with E-state index in [0.29, 0.717) is 34.7 Å². The number of esters is 1. The van der Waals surface area contributed by atoms with Crippen LogP contribution >= 0.6 is 0 Å². The average Bonchev–Trinajstić information content (AvgIpc) is 3.51. The number of benzene rings is 2. The molecule has 0 saturated carbocycles. The minimum atomic E-state index is -0.514. The number of hydrogen-bond donors (Lipinski definition) is 0. The van der Waals surface area contributed by atoms with Crippen molar-refractivity contribution in [1.82, 2.24) is 9.55 Å². The second kappa shape index (κ2) is 9.70. The molecule has 0 unspecified atom stereocenters. The summed E-state index contributed by atoms with van der Waals surface area (Å²) in [6.07, 6.45) is 5.23. The molecule has 36 heavy (non-hydrogen) atoms. The monoisotopic (exact) mass is 482 g/mol. The molecule has 7 nitrogen and oxygen atoms in total. The van der Waals surface area contributed by atoms with Gasteiger partial charge in [-0.15, -0.1) is 0 Å². The first-order chi connectivity index (χ1) is 17.5. The van der Waals surface area contributed by atoms with Gasteiger partial charge in [-0.2, -0.15) is 0 Å². The molecule has 0 amide bonds. The Hall–Kier alpha value is -4.39. The lowest BCUT2D eigenvalue weighted by Crippen LogP contribution is -2.18. The Morgan fingerprint density at radius 2 is 1.81 bits per heavy atom. The maximum atomic E-state index is 13.3. The molecule has 0 atom stereocenters. The molecular weight excluding hydrogens is 456 g/mol. The predicted molar refractivity (Wildman–Crippen MR) is 138 cm³/mol. The molecule has 182 valence electrons. The topological polar surface area (TPSA) is 79.7 Å². The smallest absolute Gasteiger partial charge is 0.339 e. The maximum Gasteiger partial charge on any atom is 0.339 e. The summed E-state index contributed by atoms with van der Waals surface area (Å²) < 4.78 is 18.0. The highest BCUT2D eigenvalue weighted by atomic mass is 16.5. The molecule has 7 heteroatoms. The van der Waals surface area contributed by atoms with Crippen molar-refractivity contribution < 1.29 is 23.8 Å². The molecule has 2 aromatic heterocycles. The first kappa shape index (κ1) is 23.4. The minimum Gasteiger partial charge on any atom is -0.493 e. The van der Waals surface area contributed by atoms with Crippen molar-refractivity contribution in [2.45, 2.75) is 12.8 Å². The van der Waals surface area contributed by atoms with E-state index < -0.39 is 5.97 Å². The standard InChI is InChI=1S/C29H26N2O5/c1-31-14-6-9-23(31)24(32)17-36-29(33)27-20-7-4-5-8-22(20)30-28-19(11-12-21(27)28)15-18-10-13-25(34-2)26(16-18)35-3/h4-10,13-16H,11-12,17H2,1-3H3/b19-15+. The highest BCUT2D eigenvalue weighted by molar-refractivity contribution is 6.08. The lowest BCUT2D eigenvalue weighted by Gasteiger charge is -2.12. The largest absolute Gasteiger partial charge is 0.493 e. The number of nitrogens with zero attached hydrogens (tertiary/aromatic N) is 2. The molecule has 0 radical (unpaired) electrons. The third kappa shape index (κ3) is 4.24. The van der Waals surface area contributed by atoms with E-state index in [-0.39, 0.29) is 12.4 Å². The Kier molecular flexibility index (Phi) is 6.29. The van der Waals surface area contributed by atoms with E-state index >= 15 is 0 Å². The Morgan fingerprint density at radius 3 is 2.56 bits per heavy atom. The van der Waals surface area contributed by atoms with Crippen molar-refractivity contribution >= 4 is 34.3 Å². The highest BCUT2D eigenvalue weighted by Gasteiger charge is 2.28. The van der Waals surface area contributed by atoms with E-state index in [1.807, 2.05) is 42.5 Å². The number of ketones is 1. The van der Waals surface area contributed by atoms with Crippen LogP contribution in [-0.2, 0) is 18.2 Å². The number of carbonyl (C=O) groups excluding carboxylic acids is 2. The van der Waals surface area contributed by atoms with Crippen LogP contribution in [0.1, 0.15) is 44.1 Å². The zero-order valence-corrected chi connectivity index (χ0v) is 20.4. The van der Waals surface area contributed by atoms with Gasteiger partial charge in [-0.25, -0.2) is 9.78 Å². The van der Waals surface area contributed by atoms with Gasteiger partial charge in [-0.3, -0.25) is 4.79 Å². The van der Waals surface area contributed by atoms with Crippen LogP contribution in [0.25, 0.3) is 22.6 Å². The summed E-state index contributed by atoms with van der Waals surface area (Å²) in [6.45, 7) is -0.323. The number of rotatable bonds is 7. The van der Waals surface area contributed by atoms with Crippen molar-refractivity contribution in [2.24, 2.45) is 7.05 Å². The second-order valence-electron chi connectivity index (χ2n) is 8.62. The lowest BCUT2D eigenvalue weighted by atomic mass is 10.0. The number of pyridine rings is 1. The SMILES string of the molecule is COc1ccc(/C=C2\CCc3c2nc2ccccc2c3C(=O)OCC(=O)c2cccn2C)cc1OC. The number of Topliss-reactive ketones (excluding diaryl/α,β-unsaturated/α-hetero) is 1. The fraction of sp³-hybridized carbons (Fsp3) is 0.207. The first-order valence-corrected chi connectivity index (χ1v) is 11.7. The van der Waals surface area contributed by atoms with Crippen LogP contribution in [0.3, 0.4) is 0 Å². The zero-order valence-electron chi connectivity index (χ0n) is 20.4. The third-order valence-corrected chi connectivity index (χ3v) is 6.46. The van der Waals surface area contributed by atoms with Gasteiger partial charge in [0.05, 0.1) is 36.7 Å². The minimum absolute atomic E-state index is 0.250. The van der Waals surface area contributed by atoms with Crippen molar-refractivity contribution in [2.75, 3.05) is 20.8 Å². The molecule has 0 saturated heterocycles. The Morgan fingerprint density at radius 1 is 1.00 bits per heavy atom. The maximum absolute atomic E-state index is 13.3. The number of fused-ring (bicyclic) bond motifs is 2. The number of aryl methyl sites for hydroxylation is 1. The Balaban J connectivity index is 1.51. The lowest BCUT2D eigenvalue weighted by molar-refractivity contribution is 0.0473. The average molecular weight is 483 g/mol. The summed E-state index contributed by atoms with van der Waals surface area (Å²) in [5, 5.41) is 0.722. The van der Waals surface area contributed by atoms with Crippen LogP contribution in [0, 0.1) is 0 Å². The molecule has 1 aliphatic carbocycles. The van der Waals surface area contributed by atoms with Gasteiger partial charge in [-0.1, -0.05) is 24.3 Å². The molecular formula is C29H26N2O5. The van der Waals surface area contributed by atoms with Gasteiger partial charge in [0.2, 0.25) is 5.78 Å². The molecule has 0 bridgehead atoms. The van der Waals surface area contributed by atoms with E-state index in [2.05, 4.69) is 6.08 Å². The Labute approximate surface area is 208 Å². The van der Waals surface area contributed by atoms with Gasteiger partial charge >= 0.3 is 5.97 Å². The van der Waals surface area contributed by atoms with E-state index in [9.17, 15) is 9.59 Å². The van der Waals surface area contributed by atoms with Crippen molar-refractivity contribution in [1.29, 1.82) is 0 Å². The van der Waals surface area contributed by atoms with Gasteiger partial charge in [0.15, 0.2) is 18.1 Å². The summed E-state index contributed by atoms with van der Waals surface area (Å²) in [6, 6.07) is 16.7. The van der Waals surface area contributed by atoms with Gasteiger partial charge in [0.1, 0.15) is 0 Å². The number of carbonyl (C=O) groups is 2. The normalized spacial score (nSPS) is 13.6. The zero-order chi connectivity index (χ0) is 25.2. The molecule has 5 rings (SSSR count). The number of allylic oxidation sites excluding steroid dienone is 1. The van der Waals surface area contributed by atoms with Gasteiger partial charge in [-0.05, 0) is 65.9 Å². The predicted octanol–water partition coefficient (Wildman–Crippen LogP) is 5.12. The number of methoxy groups -OCH3 is 2. The first-order valence-electron chi connectivity index (χ1n) is 11.7. The number of ether oxygens (including phenoxy) is 3. The van der Waals surface area contributed by atoms with Gasteiger partial charge in [0.25, 0.3) is 0 Å². The number of aromatic nitrogens is 2. The van der Waals surface area contributed by atoms with Gasteiger partial charge < -0.3 is 18.8 Å². The highest BCUT2D eigenvalue weighted by Crippen LogP contribution is 2.38. The fourth-order valence-corrected chi connectivity index (χ4v) is 4.68. The molecule has 2 heterocycles. The molecule has 4 aromatic rings. The van der Waals surface area contributed by atoms with Crippen LogP contribution in [0.4, 0.5) is 0 Å². The summed E-state index contributed by atoms with van der Waals surface area (Å²) in [4.78, 5) is 30.8. The van der Waals surface area contributed by atoms with E-state index in [1.165, 1.54) is 0 Å². The summed E-state index contributed by atoms with van der Waals surface area (Å²) in [7, 11) is 4.99. The summed E-state index contributed by atoms with van der Waals surface area (Å²) >= 11 is 0. The molecule has 2 aromatic carbocycles. The third-order valence-electron chi connectivity index (χ3n) is 6.46. The van der Waals surface area contributed by atoms with Crippen LogP contribution in [0.15, 0.2) is 60.8 Å². The van der Waals surface area contributed by atoms with E-state index in [4.69, 9.17) is 19.2 Å². The molecule has 0 spiro atoms.